The summed E-state index contributed by atoms with van der Waals surface area (Å²) < 4.78 is 25.5. The fraction of sp³-hybridized carbons (Fsp3) is 0.308. The minimum absolute atomic E-state index is 0.0146. The highest BCUT2D eigenvalue weighted by atomic mass is 32.2. The van der Waals surface area contributed by atoms with Crippen LogP contribution in [0.15, 0.2) is 42.6 Å². The Bertz CT molecular complexity index is 603. The average molecular weight is 264 g/mol. The summed E-state index contributed by atoms with van der Waals surface area (Å²) in [4.78, 5) is 0. The zero-order valence-corrected chi connectivity index (χ0v) is 11.1. The van der Waals surface area contributed by atoms with Crippen LogP contribution in [-0.4, -0.2) is 24.0 Å². The summed E-state index contributed by atoms with van der Waals surface area (Å²) in [5.41, 5.74) is 1.65. The van der Waals surface area contributed by atoms with Gasteiger partial charge < -0.3 is 0 Å². The summed E-state index contributed by atoms with van der Waals surface area (Å²) in [6, 6.07) is 11.4. The molecule has 0 atom stereocenters. The highest BCUT2D eigenvalue weighted by molar-refractivity contribution is 7.90. The van der Waals surface area contributed by atoms with Crippen LogP contribution in [0, 0.1) is 0 Å². The molecule has 2 rings (SSSR count). The van der Waals surface area contributed by atoms with Gasteiger partial charge in [0.15, 0.2) is 9.84 Å². The van der Waals surface area contributed by atoms with Crippen LogP contribution in [0.25, 0.3) is 0 Å². The summed E-state index contributed by atoms with van der Waals surface area (Å²) in [7, 11) is -1.32. The van der Waals surface area contributed by atoms with Gasteiger partial charge in [-0.1, -0.05) is 30.3 Å². The Labute approximate surface area is 107 Å². The van der Waals surface area contributed by atoms with Gasteiger partial charge in [0, 0.05) is 13.2 Å². The second-order valence-electron chi connectivity index (χ2n) is 4.31. The number of rotatable bonds is 5. The van der Waals surface area contributed by atoms with Crippen LogP contribution < -0.4 is 0 Å². The SMILES string of the molecule is Cn1ccc(CS(=O)(=O)CCc2ccccc2)n1. The molecule has 5 heteroatoms. The molecule has 1 aromatic heterocycles. The third-order valence-corrected chi connectivity index (χ3v) is 4.24. The van der Waals surface area contributed by atoms with Crippen molar-refractivity contribution in [1.29, 1.82) is 0 Å². The molecule has 0 bridgehead atoms. The lowest BCUT2D eigenvalue weighted by Gasteiger charge is -2.02. The van der Waals surface area contributed by atoms with Gasteiger partial charge in [0.25, 0.3) is 0 Å². The Morgan fingerprint density at radius 1 is 1.17 bits per heavy atom. The van der Waals surface area contributed by atoms with Crippen molar-refractivity contribution in [1.82, 2.24) is 9.78 Å². The van der Waals surface area contributed by atoms with E-state index in [0.29, 0.717) is 12.1 Å². The third-order valence-electron chi connectivity index (χ3n) is 2.68. The molecule has 0 aliphatic heterocycles. The van der Waals surface area contributed by atoms with Crippen molar-refractivity contribution in [3.8, 4) is 0 Å². The molecule has 0 aliphatic rings. The van der Waals surface area contributed by atoms with E-state index in [1.807, 2.05) is 30.3 Å². The molecular weight excluding hydrogens is 248 g/mol. The minimum Gasteiger partial charge on any atom is -0.276 e. The Hall–Kier alpha value is -1.62. The van der Waals surface area contributed by atoms with Crippen molar-refractivity contribution >= 4 is 9.84 Å². The molecule has 4 nitrogen and oxygen atoms in total. The summed E-state index contributed by atoms with van der Waals surface area (Å²) in [5, 5.41) is 4.09. The maximum absolute atomic E-state index is 11.9. The van der Waals surface area contributed by atoms with Gasteiger partial charge in [-0.25, -0.2) is 8.42 Å². The van der Waals surface area contributed by atoms with Crippen LogP contribution in [0.4, 0.5) is 0 Å². The van der Waals surface area contributed by atoms with Gasteiger partial charge in [-0.2, -0.15) is 5.10 Å². The zero-order chi connectivity index (χ0) is 13.0. The second-order valence-corrected chi connectivity index (χ2v) is 6.49. The van der Waals surface area contributed by atoms with E-state index in [1.165, 1.54) is 0 Å². The predicted octanol–water partition coefficient (Wildman–Crippen LogP) is 1.58. The first-order chi connectivity index (χ1) is 8.55. The third kappa shape index (κ3) is 3.70. The molecule has 0 saturated carbocycles. The molecule has 0 radical (unpaired) electrons. The molecule has 0 aliphatic carbocycles. The topological polar surface area (TPSA) is 52.0 Å². The van der Waals surface area contributed by atoms with Gasteiger partial charge in [-0.15, -0.1) is 0 Å². The first-order valence-electron chi connectivity index (χ1n) is 5.78. The molecule has 0 unspecified atom stereocenters. The fourth-order valence-electron chi connectivity index (χ4n) is 1.76. The molecule has 18 heavy (non-hydrogen) atoms. The highest BCUT2D eigenvalue weighted by Crippen LogP contribution is 2.07. The monoisotopic (exact) mass is 264 g/mol. The molecule has 96 valence electrons. The number of sulfone groups is 1. The minimum atomic E-state index is -3.10. The van der Waals surface area contributed by atoms with Crippen LogP contribution in [0.5, 0.6) is 0 Å². The lowest BCUT2D eigenvalue weighted by atomic mass is 10.2. The van der Waals surface area contributed by atoms with E-state index in [4.69, 9.17) is 0 Å². The van der Waals surface area contributed by atoms with E-state index in [1.54, 1.807) is 24.0 Å². The van der Waals surface area contributed by atoms with Gasteiger partial charge >= 0.3 is 0 Å². The van der Waals surface area contributed by atoms with Gasteiger partial charge in [-0.3, -0.25) is 4.68 Å². The van der Waals surface area contributed by atoms with Crippen LogP contribution in [0.1, 0.15) is 11.3 Å². The Morgan fingerprint density at radius 3 is 2.50 bits per heavy atom. The van der Waals surface area contributed by atoms with Gasteiger partial charge in [0.1, 0.15) is 0 Å². The Kier molecular flexibility index (Phi) is 3.81. The molecule has 0 fully saturated rings. The lowest BCUT2D eigenvalue weighted by Crippen LogP contribution is -2.12. The summed E-state index contributed by atoms with van der Waals surface area (Å²) in [6.07, 6.45) is 2.30. The van der Waals surface area contributed by atoms with Gasteiger partial charge in [-0.05, 0) is 18.1 Å². The highest BCUT2D eigenvalue weighted by Gasteiger charge is 2.13. The Morgan fingerprint density at radius 2 is 1.89 bits per heavy atom. The van der Waals surface area contributed by atoms with Crippen molar-refractivity contribution in [3.63, 3.8) is 0 Å². The predicted molar refractivity (Wildman–Crippen MR) is 70.8 cm³/mol. The van der Waals surface area contributed by atoms with E-state index >= 15 is 0 Å². The number of aromatic nitrogens is 2. The first kappa shape index (κ1) is 12.8. The number of nitrogens with zero attached hydrogens (tertiary/aromatic N) is 2. The van der Waals surface area contributed by atoms with Crippen LogP contribution in [0.3, 0.4) is 0 Å². The summed E-state index contributed by atoms with van der Waals surface area (Å²) in [6.45, 7) is 0. The van der Waals surface area contributed by atoms with Crippen LogP contribution in [-0.2, 0) is 29.1 Å². The van der Waals surface area contributed by atoms with Gasteiger partial charge in [0.2, 0.25) is 0 Å². The summed E-state index contributed by atoms with van der Waals surface area (Å²) in [5.74, 6) is 0.175. The fourth-order valence-corrected chi connectivity index (χ4v) is 3.05. The van der Waals surface area contributed by atoms with E-state index < -0.39 is 9.84 Å². The van der Waals surface area contributed by atoms with Crippen molar-refractivity contribution in [2.75, 3.05) is 5.75 Å². The zero-order valence-electron chi connectivity index (χ0n) is 10.3. The van der Waals surface area contributed by atoms with Crippen LogP contribution >= 0.6 is 0 Å². The molecule has 0 amide bonds. The molecule has 0 N–H and O–H groups in total. The Balaban J connectivity index is 1.96. The van der Waals surface area contributed by atoms with Gasteiger partial charge in [0.05, 0.1) is 17.2 Å². The van der Waals surface area contributed by atoms with E-state index in [2.05, 4.69) is 5.10 Å². The molecular formula is C13H16N2O2S. The smallest absolute Gasteiger partial charge is 0.156 e. The maximum Gasteiger partial charge on any atom is 0.156 e. The molecule has 0 spiro atoms. The van der Waals surface area contributed by atoms with Crippen molar-refractivity contribution < 1.29 is 8.42 Å². The quantitative estimate of drug-likeness (QED) is 0.824. The van der Waals surface area contributed by atoms with E-state index in [0.717, 1.165) is 5.56 Å². The van der Waals surface area contributed by atoms with E-state index in [-0.39, 0.29) is 11.5 Å². The summed E-state index contributed by atoms with van der Waals surface area (Å²) >= 11 is 0. The molecule has 0 saturated heterocycles. The second kappa shape index (κ2) is 5.35. The van der Waals surface area contributed by atoms with Crippen molar-refractivity contribution in [3.05, 3.63) is 53.9 Å². The average Bonchev–Trinajstić information content (AvgIpc) is 2.73. The number of benzene rings is 1. The number of hydrogen-bond donors (Lipinski definition) is 0. The number of hydrogen-bond acceptors (Lipinski definition) is 3. The van der Waals surface area contributed by atoms with E-state index in [9.17, 15) is 8.42 Å². The molecule has 2 aromatic rings. The normalized spacial score (nSPS) is 11.6. The largest absolute Gasteiger partial charge is 0.276 e. The van der Waals surface area contributed by atoms with Crippen LogP contribution in [0.2, 0.25) is 0 Å². The first-order valence-corrected chi connectivity index (χ1v) is 7.60. The lowest BCUT2D eigenvalue weighted by molar-refractivity contribution is 0.593. The molecule has 1 aromatic carbocycles. The molecule has 1 heterocycles. The van der Waals surface area contributed by atoms with Crippen molar-refractivity contribution in [2.45, 2.75) is 12.2 Å². The standard InChI is InChI=1S/C13H16N2O2S/c1-15-9-7-13(14-15)11-18(16,17)10-8-12-5-3-2-4-6-12/h2-7,9H,8,10-11H2,1H3. The number of aryl methyl sites for hydroxylation is 2. The van der Waals surface area contributed by atoms with Crippen molar-refractivity contribution in [2.24, 2.45) is 7.05 Å². The maximum atomic E-state index is 11.9.